The number of methoxy groups -OCH3 is 1. The molecule has 0 radical (unpaired) electrons. The lowest BCUT2D eigenvalue weighted by atomic mass is 9.96. The first kappa shape index (κ1) is 13.2. The van der Waals surface area contributed by atoms with E-state index in [1.54, 1.807) is 13.4 Å². The molecule has 0 atom stereocenters. The Labute approximate surface area is 138 Å². The van der Waals surface area contributed by atoms with Gasteiger partial charge in [-0.2, -0.15) is 0 Å². The molecule has 0 saturated carbocycles. The van der Waals surface area contributed by atoms with Crippen LogP contribution in [0.15, 0.2) is 61.1 Å². The molecule has 0 unspecified atom stereocenters. The zero-order valence-corrected chi connectivity index (χ0v) is 13.0. The maximum absolute atomic E-state index is 5.25. The number of nitrogens with zero attached hydrogens (tertiary/aromatic N) is 3. The largest absolute Gasteiger partial charge is 0.497 e. The number of rotatable bonds is 2. The van der Waals surface area contributed by atoms with E-state index in [2.05, 4.69) is 22.1 Å². The average molecular weight is 311 g/mol. The van der Waals surface area contributed by atoms with Gasteiger partial charge in [0.15, 0.2) is 0 Å². The van der Waals surface area contributed by atoms with Gasteiger partial charge in [0.1, 0.15) is 12.1 Å². The van der Waals surface area contributed by atoms with Crippen LogP contribution in [-0.2, 0) is 0 Å². The van der Waals surface area contributed by atoms with Gasteiger partial charge in [-0.15, -0.1) is 0 Å². The van der Waals surface area contributed by atoms with Gasteiger partial charge in [-0.25, -0.2) is 9.97 Å². The molecule has 0 spiro atoms. The van der Waals surface area contributed by atoms with E-state index in [1.807, 2.05) is 42.6 Å². The Kier molecular flexibility index (Phi) is 2.67. The third-order valence-corrected chi connectivity index (χ3v) is 4.49. The number of benzene rings is 3. The Morgan fingerprint density at radius 2 is 1.50 bits per heavy atom. The second-order valence-electron chi connectivity index (χ2n) is 5.77. The van der Waals surface area contributed by atoms with Crippen LogP contribution in [0.1, 0.15) is 0 Å². The minimum absolute atomic E-state index is 0.838. The first-order chi connectivity index (χ1) is 11.8. The maximum Gasteiger partial charge on any atom is 0.118 e. The summed E-state index contributed by atoms with van der Waals surface area (Å²) in [5.74, 6) is 0.838. The number of pyridine rings is 1. The molecule has 0 bridgehead atoms. The van der Waals surface area contributed by atoms with E-state index in [1.165, 1.54) is 5.39 Å². The molecular formula is C20H13N3O. The van der Waals surface area contributed by atoms with Gasteiger partial charge in [-0.3, -0.25) is 4.98 Å². The Hall–Kier alpha value is -3.27. The number of hydrogen-bond donors (Lipinski definition) is 0. The van der Waals surface area contributed by atoms with Crippen LogP contribution in [0.4, 0.5) is 0 Å². The summed E-state index contributed by atoms with van der Waals surface area (Å²) in [4.78, 5) is 13.5. The maximum atomic E-state index is 5.25. The van der Waals surface area contributed by atoms with Gasteiger partial charge in [0, 0.05) is 33.3 Å². The van der Waals surface area contributed by atoms with Gasteiger partial charge in [-0.05, 0) is 42.5 Å². The van der Waals surface area contributed by atoms with Crippen LogP contribution in [0, 0.1) is 0 Å². The van der Waals surface area contributed by atoms with Crippen molar-refractivity contribution in [3.8, 4) is 17.0 Å². The summed E-state index contributed by atoms with van der Waals surface area (Å²) in [6.07, 6.45) is 3.54. The minimum atomic E-state index is 0.838. The fourth-order valence-electron chi connectivity index (χ4n) is 3.34. The van der Waals surface area contributed by atoms with Gasteiger partial charge >= 0.3 is 0 Å². The molecule has 2 aromatic heterocycles. The van der Waals surface area contributed by atoms with E-state index in [4.69, 9.17) is 9.72 Å². The van der Waals surface area contributed by atoms with E-state index < -0.39 is 0 Å². The Morgan fingerprint density at radius 1 is 0.750 bits per heavy atom. The molecular weight excluding hydrogens is 298 g/mol. The zero-order valence-electron chi connectivity index (χ0n) is 13.0. The lowest BCUT2D eigenvalue weighted by Gasteiger charge is -2.12. The predicted molar refractivity (Wildman–Crippen MR) is 95.5 cm³/mol. The number of ether oxygens (including phenoxy) is 1. The Morgan fingerprint density at radius 3 is 2.25 bits per heavy atom. The van der Waals surface area contributed by atoms with Crippen molar-refractivity contribution < 1.29 is 4.74 Å². The highest BCUT2D eigenvalue weighted by Gasteiger charge is 2.13. The summed E-state index contributed by atoms with van der Waals surface area (Å²) in [6, 6.07) is 16.2. The van der Waals surface area contributed by atoms with Crippen molar-refractivity contribution in [2.24, 2.45) is 0 Å². The number of hydrogen-bond acceptors (Lipinski definition) is 4. The van der Waals surface area contributed by atoms with Crippen LogP contribution < -0.4 is 4.74 Å². The first-order valence-corrected chi connectivity index (χ1v) is 7.74. The molecule has 4 heteroatoms. The van der Waals surface area contributed by atoms with E-state index in [-0.39, 0.29) is 0 Å². The summed E-state index contributed by atoms with van der Waals surface area (Å²) in [7, 11) is 1.67. The van der Waals surface area contributed by atoms with Crippen molar-refractivity contribution in [3.05, 3.63) is 61.1 Å². The lowest BCUT2D eigenvalue weighted by Crippen LogP contribution is -1.92. The normalized spacial score (nSPS) is 11.5. The second-order valence-corrected chi connectivity index (χ2v) is 5.77. The molecule has 5 aromatic rings. The summed E-state index contributed by atoms with van der Waals surface area (Å²) >= 11 is 0. The van der Waals surface area contributed by atoms with Gasteiger partial charge in [0.05, 0.1) is 23.8 Å². The topological polar surface area (TPSA) is 47.9 Å². The predicted octanol–water partition coefficient (Wildman–Crippen LogP) is 4.44. The van der Waals surface area contributed by atoms with Crippen LogP contribution in [0.5, 0.6) is 5.75 Å². The summed E-state index contributed by atoms with van der Waals surface area (Å²) < 4.78 is 5.25. The zero-order chi connectivity index (χ0) is 16.1. The van der Waals surface area contributed by atoms with Crippen LogP contribution in [0.3, 0.4) is 0 Å². The highest BCUT2D eigenvalue weighted by molar-refractivity contribution is 6.23. The van der Waals surface area contributed by atoms with Crippen LogP contribution in [-0.4, -0.2) is 22.1 Å². The quantitative estimate of drug-likeness (QED) is 0.452. The molecule has 0 N–H and O–H groups in total. The van der Waals surface area contributed by atoms with Gasteiger partial charge < -0.3 is 4.74 Å². The van der Waals surface area contributed by atoms with Crippen molar-refractivity contribution >= 4 is 32.6 Å². The van der Waals surface area contributed by atoms with Crippen LogP contribution in [0.2, 0.25) is 0 Å². The molecule has 2 heterocycles. The summed E-state index contributed by atoms with van der Waals surface area (Å²) in [5.41, 5.74) is 3.95. The first-order valence-electron chi connectivity index (χ1n) is 7.74. The Balaban J connectivity index is 1.89. The minimum Gasteiger partial charge on any atom is -0.497 e. The summed E-state index contributed by atoms with van der Waals surface area (Å²) in [6.45, 7) is 0. The van der Waals surface area contributed by atoms with E-state index in [0.717, 1.165) is 44.2 Å². The standard InChI is InChI=1S/C20H13N3O/c1-24-14-5-2-12(3-6-14)20-15-7-9-17-19-16(22-11-23-17)8-4-13(10-21-20)18(15)19/h2-11H,1H3. The van der Waals surface area contributed by atoms with Crippen molar-refractivity contribution in [3.63, 3.8) is 0 Å². The van der Waals surface area contributed by atoms with Crippen molar-refractivity contribution in [2.75, 3.05) is 7.11 Å². The average Bonchev–Trinajstić information content (AvgIpc) is 2.66. The molecule has 0 fully saturated rings. The molecule has 0 amide bonds. The molecule has 4 nitrogen and oxygen atoms in total. The molecule has 0 aliphatic heterocycles. The third kappa shape index (κ3) is 1.77. The molecule has 0 aliphatic rings. The van der Waals surface area contributed by atoms with Crippen molar-refractivity contribution in [2.45, 2.75) is 0 Å². The molecule has 114 valence electrons. The molecule has 3 aromatic carbocycles. The van der Waals surface area contributed by atoms with E-state index in [9.17, 15) is 0 Å². The second kappa shape index (κ2) is 4.86. The highest BCUT2D eigenvalue weighted by Crippen LogP contribution is 2.36. The molecule has 0 aliphatic carbocycles. The monoisotopic (exact) mass is 311 g/mol. The van der Waals surface area contributed by atoms with Crippen molar-refractivity contribution in [1.29, 1.82) is 0 Å². The van der Waals surface area contributed by atoms with Gasteiger partial charge in [0.2, 0.25) is 0 Å². The molecule has 0 saturated heterocycles. The molecule has 24 heavy (non-hydrogen) atoms. The third-order valence-electron chi connectivity index (χ3n) is 4.49. The number of aromatic nitrogens is 3. The van der Waals surface area contributed by atoms with Crippen molar-refractivity contribution in [1.82, 2.24) is 15.0 Å². The highest BCUT2D eigenvalue weighted by atomic mass is 16.5. The fourth-order valence-corrected chi connectivity index (χ4v) is 3.34. The van der Waals surface area contributed by atoms with Crippen LogP contribution in [0.25, 0.3) is 43.8 Å². The smallest absolute Gasteiger partial charge is 0.118 e. The lowest BCUT2D eigenvalue weighted by molar-refractivity contribution is 0.415. The van der Waals surface area contributed by atoms with Gasteiger partial charge in [0.25, 0.3) is 0 Å². The Bertz CT molecular complexity index is 1170. The summed E-state index contributed by atoms with van der Waals surface area (Å²) in [5, 5.41) is 4.50. The fraction of sp³-hybridized carbons (Fsp3) is 0.0500. The van der Waals surface area contributed by atoms with E-state index >= 15 is 0 Å². The molecule has 5 rings (SSSR count). The van der Waals surface area contributed by atoms with Gasteiger partial charge in [-0.1, -0.05) is 6.07 Å². The van der Waals surface area contributed by atoms with Crippen LogP contribution >= 0.6 is 0 Å². The SMILES string of the molecule is COc1ccc(-c2ncc3ccc4ncnc5ccc2c3c45)cc1. The van der Waals surface area contributed by atoms with E-state index in [0.29, 0.717) is 0 Å².